The molecule has 1 aromatic carbocycles. The van der Waals surface area contributed by atoms with E-state index in [0.717, 1.165) is 38.2 Å². The van der Waals surface area contributed by atoms with Gasteiger partial charge in [0.15, 0.2) is 0 Å². The average Bonchev–Trinajstić information content (AvgIpc) is 3.05. The Kier molecular flexibility index (Phi) is 4.59. The standard InChI is InChI=1S/C16H21F3N2O/c17-16(18,19)11-21-7-4-14(10-21)20-6-3-12-1-2-15-13(9-12)5-8-22-15/h1-2,9,14,20H,3-8,10-11H2. The smallest absolute Gasteiger partial charge is 0.401 e. The predicted octanol–water partition coefficient (Wildman–Crippen LogP) is 2.39. The van der Waals surface area contributed by atoms with Crippen LogP contribution in [0.3, 0.4) is 0 Å². The Morgan fingerprint density at radius 2 is 2.18 bits per heavy atom. The number of fused-ring (bicyclic) bond motifs is 1. The zero-order chi connectivity index (χ0) is 15.6. The van der Waals surface area contributed by atoms with Crippen LogP contribution in [0.5, 0.6) is 5.75 Å². The Hall–Kier alpha value is -1.27. The summed E-state index contributed by atoms with van der Waals surface area (Å²) in [5.41, 5.74) is 2.51. The molecule has 1 atom stereocenters. The second-order valence-electron chi connectivity index (χ2n) is 6.08. The van der Waals surface area contributed by atoms with Gasteiger partial charge in [-0.1, -0.05) is 12.1 Å². The number of nitrogens with one attached hydrogen (secondary N) is 1. The highest BCUT2D eigenvalue weighted by atomic mass is 19.4. The quantitative estimate of drug-likeness (QED) is 0.903. The van der Waals surface area contributed by atoms with Crippen LogP contribution in [0.15, 0.2) is 18.2 Å². The van der Waals surface area contributed by atoms with Gasteiger partial charge in [0.05, 0.1) is 13.2 Å². The zero-order valence-corrected chi connectivity index (χ0v) is 12.5. The molecular weight excluding hydrogens is 293 g/mol. The van der Waals surface area contributed by atoms with E-state index >= 15 is 0 Å². The van der Waals surface area contributed by atoms with Crippen LogP contribution in [0.2, 0.25) is 0 Å². The van der Waals surface area contributed by atoms with Gasteiger partial charge < -0.3 is 10.1 Å². The van der Waals surface area contributed by atoms with E-state index in [2.05, 4.69) is 17.4 Å². The van der Waals surface area contributed by atoms with Crippen LogP contribution in [0.4, 0.5) is 13.2 Å². The van der Waals surface area contributed by atoms with E-state index < -0.39 is 12.7 Å². The molecule has 1 unspecified atom stereocenters. The van der Waals surface area contributed by atoms with E-state index in [0.29, 0.717) is 13.1 Å². The molecule has 22 heavy (non-hydrogen) atoms. The van der Waals surface area contributed by atoms with Crippen molar-refractivity contribution in [2.45, 2.75) is 31.5 Å². The number of hydrogen-bond acceptors (Lipinski definition) is 3. The molecule has 0 aliphatic carbocycles. The van der Waals surface area contributed by atoms with Crippen LogP contribution >= 0.6 is 0 Å². The summed E-state index contributed by atoms with van der Waals surface area (Å²) in [5, 5.41) is 3.37. The second-order valence-corrected chi connectivity index (χ2v) is 6.08. The van der Waals surface area contributed by atoms with Crippen LogP contribution in [-0.4, -0.2) is 49.9 Å². The predicted molar refractivity (Wildman–Crippen MR) is 78.2 cm³/mol. The Labute approximate surface area is 128 Å². The van der Waals surface area contributed by atoms with E-state index in [-0.39, 0.29) is 6.04 Å². The number of benzene rings is 1. The van der Waals surface area contributed by atoms with Gasteiger partial charge in [-0.15, -0.1) is 0 Å². The Bertz CT molecular complexity index is 519. The van der Waals surface area contributed by atoms with Gasteiger partial charge in [0, 0.05) is 25.6 Å². The highest BCUT2D eigenvalue weighted by Gasteiger charge is 2.34. The number of ether oxygens (including phenoxy) is 1. The number of halogens is 3. The van der Waals surface area contributed by atoms with Gasteiger partial charge in [-0.05, 0) is 36.6 Å². The maximum absolute atomic E-state index is 12.3. The summed E-state index contributed by atoms with van der Waals surface area (Å²) in [5.74, 6) is 0.982. The molecule has 1 saturated heterocycles. The lowest BCUT2D eigenvalue weighted by Gasteiger charge is -2.18. The minimum Gasteiger partial charge on any atom is -0.493 e. The van der Waals surface area contributed by atoms with Crippen molar-refractivity contribution in [2.24, 2.45) is 0 Å². The van der Waals surface area contributed by atoms with Crippen LogP contribution in [-0.2, 0) is 12.8 Å². The topological polar surface area (TPSA) is 24.5 Å². The molecule has 0 radical (unpaired) electrons. The Morgan fingerprint density at radius 1 is 1.32 bits per heavy atom. The summed E-state index contributed by atoms with van der Waals surface area (Å²) in [4.78, 5) is 1.48. The van der Waals surface area contributed by atoms with Crippen molar-refractivity contribution in [1.82, 2.24) is 10.2 Å². The van der Waals surface area contributed by atoms with Crippen molar-refractivity contribution in [3.05, 3.63) is 29.3 Å². The van der Waals surface area contributed by atoms with Crippen LogP contribution in [0.25, 0.3) is 0 Å². The first kappa shape index (κ1) is 15.6. The van der Waals surface area contributed by atoms with E-state index in [1.165, 1.54) is 16.0 Å². The number of rotatable bonds is 5. The van der Waals surface area contributed by atoms with E-state index in [1.54, 1.807) is 0 Å². The third-order valence-corrected chi connectivity index (χ3v) is 4.28. The maximum atomic E-state index is 12.3. The molecule has 0 amide bonds. The summed E-state index contributed by atoms with van der Waals surface area (Å²) in [6.07, 6.45) is -1.45. The Balaban J connectivity index is 1.40. The van der Waals surface area contributed by atoms with Crippen molar-refractivity contribution < 1.29 is 17.9 Å². The third-order valence-electron chi connectivity index (χ3n) is 4.28. The van der Waals surface area contributed by atoms with Gasteiger partial charge in [0.2, 0.25) is 0 Å². The van der Waals surface area contributed by atoms with Gasteiger partial charge >= 0.3 is 6.18 Å². The fourth-order valence-corrected chi connectivity index (χ4v) is 3.21. The molecule has 3 nitrogen and oxygen atoms in total. The lowest BCUT2D eigenvalue weighted by atomic mass is 10.1. The number of alkyl halides is 3. The average molecular weight is 314 g/mol. The molecule has 122 valence electrons. The minimum atomic E-state index is -4.10. The molecule has 0 aromatic heterocycles. The highest BCUT2D eigenvalue weighted by molar-refractivity contribution is 5.39. The van der Waals surface area contributed by atoms with Crippen LogP contribution < -0.4 is 10.1 Å². The third kappa shape index (κ3) is 4.14. The fraction of sp³-hybridized carbons (Fsp3) is 0.625. The van der Waals surface area contributed by atoms with Gasteiger partial charge in [-0.2, -0.15) is 13.2 Å². The number of nitrogens with zero attached hydrogens (tertiary/aromatic N) is 1. The SMILES string of the molecule is FC(F)(F)CN1CCC(NCCc2ccc3c(c2)CCO3)C1. The second kappa shape index (κ2) is 6.46. The number of hydrogen-bond donors (Lipinski definition) is 1. The largest absolute Gasteiger partial charge is 0.493 e. The van der Waals surface area contributed by atoms with Crippen molar-refractivity contribution >= 4 is 0 Å². The summed E-state index contributed by atoms with van der Waals surface area (Å²) >= 11 is 0. The molecule has 1 fully saturated rings. The highest BCUT2D eigenvalue weighted by Crippen LogP contribution is 2.26. The molecule has 1 aromatic rings. The lowest BCUT2D eigenvalue weighted by molar-refractivity contribution is -0.143. The van der Waals surface area contributed by atoms with Crippen molar-refractivity contribution in [3.63, 3.8) is 0 Å². The molecule has 0 saturated carbocycles. The summed E-state index contributed by atoms with van der Waals surface area (Å²) in [7, 11) is 0. The van der Waals surface area contributed by atoms with E-state index in [9.17, 15) is 13.2 Å². The van der Waals surface area contributed by atoms with Gasteiger partial charge in [0.1, 0.15) is 5.75 Å². The first-order valence-electron chi connectivity index (χ1n) is 7.77. The normalized spacial score (nSPS) is 21.9. The van der Waals surface area contributed by atoms with E-state index in [4.69, 9.17) is 4.74 Å². The van der Waals surface area contributed by atoms with Crippen molar-refractivity contribution in [1.29, 1.82) is 0 Å². The lowest BCUT2D eigenvalue weighted by Crippen LogP contribution is -2.37. The maximum Gasteiger partial charge on any atom is 0.401 e. The van der Waals surface area contributed by atoms with Crippen LogP contribution in [0.1, 0.15) is 17.5 Å². The van der Waals surface area contributed by atoms with E-state index in [1.807, 2.05) is 6.07 Å². The zero-order valence-electron chi connectivity index (χ0n) is 12.5. The number of likely N-dealkylation sites (tertiary alicyclic amines) is 1. The molecule has 2 aliphatic heterocycles. The monoisotopic (exact) mass is 314 g/mol. The molecule has 1 N–H and O–H groups in total. The Morgan fingerprint density at radius 3 is 3.00 bits per heavy atom. The summed E-state index contributed by atoms with van der Waals surface area (Å²) in [6.45, 7) is 1.76. The molecule has 2 aliphatic rings. The van der Waals surface area contributed by atoms with Gasteiger partial charge in [-0.25, -0.2) is 0 Å². The molecular formula is C16H21F3N2O. The van der Waals surface area contributed by atoms with Gasteiger partial charge in [-0.3, -0.25) is 4.90 Å². The first-order valence-corrected chi connectivity index (χ1v) is 7.77. The molecule has 0 bridgehead atoms. The van der Waals surface area contributed by atoms with Crippen molar-refractivity contribution in [3.8, 4) is 5.75 Å². The van der Waals surface area contributed by atoms with Crippen molar-refractivity contribution in [2.75, 3.05) is 32.8 Å². The molecule has 2 heterocycles. The van der Waals surface area contributed by atoms with Crippen LogP contribution in [0, 0.1) is 0 Å². The van der Waals surface area contributed by atoms with Gasteiger partial charge in [0.25, 0.3) is 0 Å². The summed E-state index contributed by atoms with van der Waals surface area (Å²) in [6, 6.07) is 6.42. The summed E-state index contributed by atoms with van der Waals surface area (Å²) < 4.78 is 42.5. The fourth-order valence-electron chi connectivity index (χ4n) is 3.21. The molecule has 6 heteroatoms. The minimum absolute atomic E-state index is 0.167. The molecule has 0 spiro atoms. The first-order chi connectivity index (χ1) is 10.5. The molecule has 3 rings (SSSR count).